The largest absolute Gasteiger partial charge is 0.207 e. The molecule has 0 N–H and O–H groups in total. The van der Waals surface area contributed by atoms with Gasteiger partial charge in [-0.25, -0.2) is 13.2 Å². The van der Waals surface area contributed by atoms with Gasteiger partial charge in [0, 0.05) is 16.5 Å². The molecule has 4 heteroatoms. The van der Waals surface area contributed by atoms with Gasteiger partial charge in [-0.1, -0.05) is 43.6 Å². The van der Waals surface area contributed by atoms with Crippen LogP contribution in [0.3, 0.4) is 0 Å². The van der Waals surface area contributed by atoms with Gasteiger partial charge in [0.05, 0.1) is 0 Å². The molecule has 0 nitrogen and oxygen atoms in total. The summed E-state index contributed by atoms with van der Waals surface area (Å²) in [7, 11) is 0. The maximum Gasteiger partial charge on any atom is 0.161 e. The Labute approximate surface area is 115 Å². The molecule has 2 atom stereocenters. The van der Waals surface area contributed by atoms with E-state index in [0.717, 1.165) is 6.07 Å². The molecule has 0 heterocycles. The van der Waals surface area contributed by atoms with Gasteiger partial charge in [-0.15, -0.1) is 0 Å². The van der Waals surface area contributed by atoms with E-state index in [1.807, 2.05) is 0 Å². The molecule has 102 valence electrons. The topological polar surface area (TPSA) is 0 Å². The van der Waals surface area contributed by atoms with Gasteiger partial charge in [-0.3, -0.25) is 0 Å². The van der Waals surface area contributed by atoms with Gasteiger partial charge >= 0.3 is 0 Å². The first-order valence-electron chi connectivity index (χ1n) is 5.91. The van der Waals surface area contributed by atoms with Crippen LogP contribution < -0.4 is 0 Å². The third-order valence-corrected chi connectivity index (χ3v) is 4.28. The molecule has 0 fully saturated rings. The van der Waals surface area contributed by atoms with Crippen LogP contribution in [0.1, 0.15) is 44.5 Å². The smallest absolute Gasteiger partial charge is 0.161 e. The Kier molecular flexibility index (Phi) is 4.87. The van der Waals surface area contributed by atoms with Gasteiger partial charge in [0.15, 0.2) is 11.6 Å². The molecule has 0 amide bonds. The van der Waals surface area contributed by atoms with Gasteiger partial charge in [0.2, 0.25) is 0 Å². The quantitative estimate of drug-likeness (QED) is 0.501. The maximum atomic E-state index is 13.6. The van der Waals surface area contributed by atoms with E-state index in [-0.39, 0.29) is 15.8 Å². The molecule has 0 aliphatic rings. The number of hydrogen-bond donors (Lipinski definition) is 0. The Morgan fingerprint density at radius 2 is 1.56 bits per heavy atom. The zero-order chi connectivity index (χ0) is 14.1. The molecule has 0 bridgehead atoms. The highest BCUT2D eigenvalue weighted by Crippen LogP contribution is 2.38. The molecule has 0 saturated heterocycles. The van der Waals surface area contributed by atoms with E-state index in [4.69, 9.17) is 0 Å². The predicted octanol–water partition coefficient (Wildman–Crippen LogP) is 5.61. The minimum atomic E-state index is -1.15. The minimum absolute atomic E-state index is 0.0844. The van der Waals surface area contributed by atoms with Gasteiger partial charge in [0.1, 0.15) is 5.82 Å². The number of rotatable bonds is 3. The lowest BCUT2D eigenvalue weighted by atomic mass is 9.79. The fourth-order valence-corrected chi connectivity index (χ4v) is 2.48. The fraction of sp³-hybridized carbons (Fsp3) is 0.571. The van der Waals surface area contributed by atoms with E-state index in [2.05, 4.69) is 43.6 Å². The van der Waals surface area contributed by atoms with Crippen molar-refractivity contribution in [1.82, 2.24) is 0 Å². The minimum Gasteiger partial charge on any atom is -0.207 e. The molecule has 0 aliphatic carbocycles. The van der Waals surface area contributed by atoms with Crippen LogP contribution in [0.15, 0.2) is 12.1 Å². The normalized spacial score (nSPS) is 15.6. The summed E-state index contributed by atoms with van der Waals surface area (Å²) >= 11 is 3.36. The summed E-state index contributed by atoms with van der Waals surface area (Å²) in [6.07, 6.45) is 0.658. The zero-order valence-electron chi connectivity index (χ0n) is 11.0. The van der Waals surface area contributed by atoms with Crippen LogP contribution in [-0.2, 0) is 0 Å². The molecular weight excluding hydrogens is 305 g/mol. The van der Waals surface area contributed by atoms with Crippen LogP contribution in [0, 0.1) is 28.8 Å². The van der Waals surface area contributed by atoms with Crippen molar-refractivity contribution in [2.75, 3.05) is 0 Å². The third-order valence-electron chi connectivity index (χ3n) is 3.42. The second-order valence-corrected chi connectivity index (χ2v) is 6.86. The molecule has 1 rings (SSSR count). The first-order chi connectivity index (χ1) is 8.12. The van der Waals surface area contributed by atoms with Gasteiger partial charge in [-0.05, 0) is 23.8 Å². The van der Waals surface area contributed by atoms with Crippen molar-refractivity contribution in [1.29, 1.82) is 0 Å². The summed E-state index contributed by atoms with van der Waals surface area (Å²) in [6.45, 7) is 8.35. The van der Waals surface area contributed by atoms with Crippen molar-refractivity contribution in [2.45, 2.75) is 38.9 Å². The van der Waals surface area contributed by atoms with Crippen molar-refractivity contribution in [3.8, 4) is 0 Å². The Balaban J connectivity index is 2.91. The Morgan fingerprint density at radius 3 is 2.06 bits per heavy atom. The van der Waals surface area contributed by atoms with Crippen molar-refractivity contribution in [3.05, 3.63) is 35.1 Å². The predicted molar refractivity (Wildman–Crippen MR) is 71.2 cm³/mol. The van der Waals surface area contributed by atoms with Gasteiger partial charge < -0.3 is 0 Å². The Morgan fingerprint density at radius 1 is 1.06 bits per heavy atom. The van der Waals surface area contributed by atoms with E-state index < -0.39 is 17.5 Å². The third kappa shape index (κ3) is 3.74. The molecule has 1 aromatic carbocycles. The van der Waals surface area contributed by atoms with Gasteiger partial charge in [-0.2, -0.15) is 0 Å². The molecule has 0 spiro atoms. The lowest BCUT2D eigenvalue weighted by molar-refractivity contribution is 0.246. The molecule has 0 saturated carbocycles. The molecule has 1 aromatic rings. The highest BCUT2D eigenvalue weighted by molar-refractivity contribution is 9.09. The Bertz CT molecular complexity index is 424. The molecule has 2 unspecified atom stereocenters. The van der Waals surface area contributed by atoms with E-state index in [1.165, 1.54) is 0 Å². The molecule has 0 aliphatic heterocycles. The summed E-state index contributed by atoms with van der Waals surface area (Å²) in [6, 6.07) is 1.53. The van der Waals surface area contributed by atoms with Crippen molar-refractivity contribution >= 4 is 15.9 Å². The van der Waals surface area contributed by atoms with Crippen LogP contribution >= 0.6 is 15.9 Å². The summed E-state index contributed by atoms with van der Waals surface area (Å²) in [5.41, 5.74) is 0.256. The van der Waals surface area contributed by atoms with E-state index in [0.29, 0.717) is 18.4 Å². The second kappa shape index (κ2) is 5.64. The van der Waals surface area contributed by atoms with Crippen LogP contribution in [0.2, 0.25) is 0 Å². The first kappa shape index (κ1) is 15.5. The van der Waals surface area contributed by atoms with Crippen molar-refractivity contribution in [3.63, 3.8) is 0 Å². The lowest BCUT2D eigenvalue weighted by Crippen LogP contribution is -2.18. The molecule has 0 radical (unpaired) electrons. The molecule has 18 heavy (non-hydrogen) atoms. The van der Waals surface area contributed by atoms with E-state index in [9.17, 15) is 13.2 Å². The second-order valence-electron chi connectivity index (χ2n) is 5.76. The highest BCUT2D eigenvalue weighted by atomic mass is 79.9. The summed E-state index contributed by atoms with van der Waals surface area (Å²) < 4.78 is 39.6. The Hall–Kier alpha value is -0.510. The van der Waals surface area contributed by atoms with E-state index in [1.54, 1.807) is 0 Å². The maximum absolute atomic E-state index is 13.6. The number of hydrogen-bond acceptors (Lipinski definition) is 0. The van der Waals surface area contributed by atoms with Crippen LogP contribution in [0.4, 0.5) is 13.2 Å². The van der Waals surface area contributed by atoms with Crippen LogP contribution in [0.25, 0.3) is 0 Å². The van der Waals surface area contributed by atoms with Crippen molar-refractivity contribution < 1.29 is 13.2 Å². The molecule has 0 aromatic heterocycles. The SMILES string of the molecule is CC(CC(Br)c1cc(F)c(F)cc1F)C(C)(C)C. The van der Waals surface area contributed by atoms with E-state index >= 15 is 0 Å². The average Bonchev–Trinajstić information content (AvgIpc) is 2.21. The lowest BCUT2D eigenvalue weighted by Gasteiger charge is -2.29. The highest BCUT2D eigenvalue weighted by Gasteiger charge is 2.25. The fourth-order valence-electron chi connectivity index (χ4n) is 1.57. The summed E-state index contributed by atoms with van der Waals surface area (Å²) in [4.78, 5) is -0.318. The standard InChI is InChI=1S/C14H18BrF3/c1-8(14(2,3)4)5-10(15)9-6-12(17)13(18)7-11(9)16/h6-8,10H,5H2,1-4H3. The zero-order valence-corrected chi connectivity index (χ0v) is 12.6. The average molecular weight is 323 g/mol. The molecular formula is C14H18BrF3. The monoisotopic (exact) mass is 322 g/mol. The first-order valence-corrected chi connectivity index (χ1v) is 6.83. The number of alkyl halides is 1. The van der Waals surface area contributed by atoms with Gasteiger partial charge in [0.25, 0.3) is 0 Å². The summed E-state index contributed by atoms with van der Waals surface area (Å²) in [5, 5.41) is 0. The van der Waals surface area contributed by atoms with Crippen LogP contribution in [-0.4, -0.2) is 0 Å². The summed E-state index contributed by atoms with van der Waals surface area (Å²) in [5.74, 6) is -2.56. The number of halogens is 4. The van der Waals surface area contributed by atoms with Crippen molar-refractivity contribution in [2.24, 2.45) is 11.3 Å². The van der Waals surface area contributed by atoms with Crippen LogP contribution in [0.5, 0.6) is 0 Å². The number of benzene rings is 1.